The molecular formula is C25H25N3O2. The van der Waals surface area contributed by atoms with Crippen LogP contribution in [-0.4, -0.2) is 32.5 Å². The monoisotopic (exact) mass is 399 g/mol. The van der Waals surface area contributed by atoms with Crippen LogP contribution in [0.3, 0.4) is 0 Å². The van der Waals surface area contributed by atoms with Crippen LogP contribution in [0.25, 0.3) is 0 Å². The number of para-hydroxylation sites is 1. The summed E-state index contributed by atoms with van der Waals surface area (Å²) in [5, 5.41) is 2.90. The summed E-state index contributed by atoms with van der Waals surface area (Å²) in [5.74, 6) is -0.233. The molecule has 1 N–H and O–H groups in total. The molecule has 0 radical (unpaired) electrons. The summed E-state index contributed by atoms with van der Waals surface area (Å²) < 4.78 is 0. The van der Waals surface area contributed by atoms with Crippen molar-refractivity contribution >= 4 is 28.9 Å². The molecule has 0 fully saturated rings. The highest BCUT2D eigenvalue weighted by atomic mass is 16.2. The first kappa shape index (κ1) is 19.7. The number of hydrogen-bond donors (Lipinski definition) is 1. The number of rotatable bonds is 4. The molecule has 5 heteroatoms. The van der Waals surface area contributed by atoms with Gasteiger partial charge in [0.25, 0.3) is 11.8 Å². The van der Waals surface area contributed by atoms with Crippen LogP contribution in [0.4, 0.5) is 17.1 Å². The maximum atomic E-state index is 13.0. The zero-order chi connectivity index (χ0) is 21.1. The van der Waals surface area contributed by atoms with Gasteiger partial charge in [0.05, 0.1) is 0 Å². The van der Waals surface area contributed by atoms with Crippen LogP contribution in [0.5, 0.6) is 0 Å². The highest BCUT2D eigenvalue weighted by Crippen LogP contribution is 2.28. The minimum absolute atomic E-state index is 0.0339. The Bertz CT molecular complexity index is 1060. The Morgan fingerprint density at radius 2 is 1.53 bits per heavy atom. The van der Waals surface area contributed by atoms with Gasteiger partial charge in [0, 0.05) is 48.8 Å². The number of carbonyl (C=O) groups excluding carboxylic acids is 2. The van der Waals surface area contributed by atoms with E-state index in [4.69, 9.17) is 0 Å². The summed E-state index contributed by atoms with van der Waals surface area (Å²) in [5.41, 5.74) is 5.08. The van der Waals surface area contributed by atoms with E-state index in [-0.39, 0.29) is 11.8 Å². The predicted molar refractivity (Wildman–Crippen MR) is 122 cm³/mol. The second-order valence-electron chi connectivity index (χ2n) is 7.66. The van der Waals surface area contributed by atoms with Crippen LogP contribution in [0, 0.1) is 0 Å². The van der Waals surface area contributed by atoms with Crippen molar-refractivity contribution in [1.29, 1.82) is 0 Å². The van der Waals surface area contributed by atoms with E-state index in [1.807, 2.05) is 66.4 Å². The average molecular weight is 399 g/mol. The number of anilines is 3. The molecule has 0 unspecified atom stereocenters. The molecule has 0 saturated heterocycles. The largest absolute Gasteiger partial charge is 0.378 e. The van der Waals surface area contributed by atoms with Gasteiger partial charge in [0.2, 0.25) is 0 Å². The molecule has 0 aromatic heterocycles. The number of hydrogen-bond acceptors (Lipinski definition) is 3. The van der Waals surface area contributed by atoms with E-state index < -0.39 is 0 Å². The van der Waals surface area contributed by atoms with E-state index in [2.05, 4.69) is 11.4 Å². The number of nitrogens with one attached hydrogen (secondary N) is 1. The van der Waals surface area contributed by atoms with Crippen molar-refractivity contribution in [3.63, 3.8) is 0 Å². The molecule has 1 aliphatic rings. The Morgan fingerprint density at radius 3 is 2.23 bits per heavy atom. The van der Waals surface area contributed by atoms with Gasteiger partial charge in [0.15, 0.2) is 0 Å². The molecule has 3 aromatic carbocycles. The highest BCUT2D eigenvalue weighted by Gasteiger charge is 2.23. The maximum absolute atomic E-state index is 13.0. The number of benzene rings is 3. The molecule has 0 aliphatic carbocycles. The topological polar surface area (TPSA) is 52.7 Å². The summed E-state index contributed by atoms with van der Waals surface area (Å²) in [6.45, 7) is 0.709. The van der Waals surface area contributed by atoms with Crippen molar-refractivity contribution in [3.05, 3.63) is 89.5 Å². The lowest BCUT2D eigenvalue weighted by molar-refractivity contribution is 0.0982. The lowest BCUT2D eigenvalue weighted by Crippen LogP contribution is -2.35. The first-order chi connectivity index (χ1) is 14.5. The molecule has 4 rings (SSSR count). The molecular weight excluding hydrogens is 374 g/mol. The Balaban J connectivity index is 1.46. The fourth-order valence-electron chi connectivity index (χ4n) is 3.71. The minimum Gasteiger partial charge on any atom is -0.378 e. The molecule has 30 heavy (non-hydrogen) atoms. The quantitative estimate of drug-likeness (QED) is 0.698. The molecule has 0 atom stereocenters. The highest BCUT2D eigenvalue weighted by molar-refractivity contribution is 6.08. The molecule has 1 heterocycles. The van der Waals surface area contributed by atoms with E-state index in [9.17, 15) is 9.59 Å². The van der Waals surface area contributed by atoms with E-state index in [0.29, 0.717) is 17.7 Å². The van der Waals surface area contributed by atoms with Gasteiger partial charge in [-0.15, -0.1) is 0 Å². The number of carbonyl (C=O) groups is 2. The van der Waals surface area contributed by atoms with Gasteiger partial charge in [-0.05, 0) is 73.0 Å². The maximum Gasteiger partial charge on any atom is 0.258 e. The third-order valence-corrected chi connectivity index (χ3v) is 5.39. The summed E-state index contributed by atoms with van der Waals surface area (Å²) in [6, 6.07) is 22.5. The van der Waals surface area contributed by atoms with Crippen LogP contribution >= 0.6 is 0 Å². The summed E-state index contributed by atoms with van der Waals surface area (Å²) >= 11 is 0. The van der Waals surface area contributed by atoms with Gasteiger partial charge < -0.3 is 15.1 Å². The first-order valence-corrected chi connectivity index (χ1v) is 10.1. The zero-order valence-corrected chi connectivity index (χ0v) is 17.3. The van der Waals surface area contributed by atoms with E-state index >= 15 is 0 Å². The van der Waals surface area contributed by atoms with E-state index in [1.165, 1.54) is 5.56 Å². The number of nitrogens with zero attached hydrogens (tertiary/aromatic N) is 2. The first-order valence-electron chi connectivity index (χ1n) is 10.1. The summed E-state index contributed by atoms with van der Waals surface area (Å²) in [7, 11) is 3.94. The van der Waals surface area contributed by atoms with Gasteiger partial charge in [-0.1, -0.05) is 18.2 Å². The van der Waals surface area contributed by atoms with Crippen LogP contribution in [0.15, 0.2) is 72.8 Å². The van der Waals surface area contributed by atoms with Crippen LogP contribution in [0.1, 0.15) is 32.7 Å². The van der Waals surface area contributed by atoms with Gasteiger partial charge in [-0.2, -0.15) is 0 Å². The molecule has 0 spiro atoms. The van der Waals surface area contributed by atoms with Gasteiger partial charge in [0.1, 0.15) is 0 Å². The second kappa shape index (κ2) is 8.41. The number of aryl methyl sites for hydroxylation is 1. The van der Waals surface area contributed by atoms with Crippen LogP contribution < -0.4 is 15.1 Å². The van der Waals surface area contributed by atoms with Crippen molar-refractivity contribution < 1.29 is 9.59 Å². The number of fused-ring (bicyclic) bond motifs is 1. The third kappa shape index (κ3) is 4.06. The second-order valence-corrected chi connectivity index (χ2v) is 7.66. The van der Waals surface area contributed by atoms with Crippen molar-refractivity contribution in [2.45, 2.75) is 12.8 Å². The predicted octanol–water partition coefficient (Wildman–Crippen LogP) is 4.60. The van der Waals surface area contributed by atoms with Gasteiger partial charge in [-0.3, -0.25) is 9.59 Å². The minimum atomic E-state index is -0.199. The molecule has 152 valence electrons. The standard InChI is InChI=1S/C25H25N3O2/c1-27(2)22-15-13-21(14-16-22)26-24(29)19-9-11-20(12-10-19)25(30)28-17-5-7-18-6-3-4-8-23(18)28/h3-4,6,8-16H,5,7,17H2,1-2H3,(H,26,29). The molecule has 0 saturated carbocycles. The smallest absolute Gasteiger partial charge is 0.258 e. The van der Waals surface area contributed by atoms with Crippen molar-refractivity contribution in [3.8, 4) is 0 Å². The Labute approximate surface area is 176 Å². The summed E-state index contributed by atoms with van der Waals surface area (Å²) in [6.07, 6.45) is 1.95. The Kier molecular flexibility index (Phi) is 5.53. The van der Waals surface area contributed by atoms with Crippen molar-refractivity contribution in [1.82, 2.24) is 0 Å². The molecule has 0 bridgehead atoms. The van der Waals surface area contributed by atoms with Crippen molar-refractivity contribution in [2.24, 2.45) is 0 Å². The Morgan fingerprint density at radius 1 is 0.867 bits per heavy atom. The third-order valence-electron chi connectivity index (χ3n) is 5.39. The van der Waals surface area contributed by atoms with E-state index in [1.54, 1.807) is 24.3 Å². The molecule has 1 aliphatic heterocycles. The normalized spacial score (nSPS) is 12.8. The fraction of sp³-hybridized carbons (Fsp3) is 0.200. The lowest BCUT2D eigenvalue weighted by Gasteiger charge is -2.29. The van der Waals surface area contributed by atoms with Gasteiger partial charge in [-0.25, -0.2) is 0 Å². The zero-order valence-electron chi connectivity index (χ0n) is 17.3. The molecule has 5 nitrogen and oxygen atoms in total. The van der Waals surface area contributed by atoms with Crippen molar-refractivity contribution in [2.75, 3.05) is 35.8 Å². The average Bonchev–Trinajstić information content (AvgIpc) is 2.78. The fourth-order valence-corrected chi connectivity index (χ4v) is 3.71. The Hall–Kier alpha value is -3.60. The molecule has 3 aromatic rings. The summed E-state index contributed by atoms with van der Waals surface area (Å²) in [4.78, 5) is 29.4. The molecule has 2 amide bonds. The van der Waals surface area contributed by atoms with Crippen LogP contribution in [0.2, 0.25) is 0 Å². The van der Waals surface area contributed by atoms with Crippen LogP contribution in [-0.2, 0) is 6.42 Å². The SMILES string of the molecule is CN(C)c1ccc(NC(=O)c2ccc(C(=O)N3CCCc4ccccc43)cc2)cc1. The van der Waals surface area contributed by atoms with E-state index in [0.717, 1.165) is 29.9 Å². The van der Waals surface area contributed by atoms with Gasteiger partial charge >= 0.3 is 0 Å². The number of amides is 2. The lowest BCUT2D eigenvalue weighted by atomic mass is 10.0.